The van der Waals surface area contributed by atoms with Crippen molar-refractivity contribution < 1.29 is 13.4 Å². The molecule has 0 fully saturated rings. The van der Waals surface area contributed by atoms with Crippen LogP contribution < -0.4 is 5.73 Å². The average Bonchev–Trinajstić information content (AvgIpc) is 2.77. The van der Waals surface area contributed by atoms with Gasteiger partial charge in [-0.1, -0.05) is 0 Å². The summed E-state index contributed by atoms with van der Waals surface area (Å²) in [6.07, 6.45) is 0.724. The molecule has 1 aromatic heterocycles. The Kier molecular flexibility index (Phi) is 4.33. The minimum Gasteiger partial charge on any atom is -0.430 e. The van der Waals surface area contributed by atoms with Gasteiger partial charge in [-0.2, -0.15) is 0 Å². The highest BCUT2D eigenvalue weighted by atomic mass is 32.2. The third kappa shape index (κ3) is 3.08. The SMILES string of the molecule is CCOCCCS(=O)c1nc2ccc(N)cc2o1. The molecule has 1 atom stereocenters. The molecule has 0 aliphatic heterocycles. The van der Waals surface area contributed by atoms with Crippen LogP contribution in [0, 0.1) is 0 Å². The van der Waals surface area contributed by atoms with Crippen molar-refractivity contribution in [2.24, 2.45) is 0 Å². The largest absolute Gasteiger partial charge is 0.430 e. The molecule has 0 saturated carbocycles. The molecule has 0 spiro atoms. The minimum absolute atomic E-state index is 0.257. The first kappa shape index (κ1) is 13.0. The molecule has 18 heavy (non-hydrogen) atoms. The highest BCUT2D eigenvalue weighted by molar-refractivity contribution is 7.84. The highest BCUT2D eigenvalue weighted by Gasteiger charge is 2.12. The first-order valence-electron chi connectivity index (χ1n) is 5.83. The Bertz CT molecular complexity index is 553. The number of nitrogens with zero attached hydrogens (tertiary/aromatic N) is 1. The molecule has 6 heteroatoms. The van der Waals surface area contributed by atoms with Crippen molar-refractivity contribution in [3.63, 3.8) is 0 Å². The first-order valence-corrected chi connectivity index (χ1v) is 7.15. The van der Waals surface area contributed by atoms with E-state index in [1.807, 2.05) is 6.92 Å². The molecule has 0 aliphatic carbocycles. The van der Waals surface area contributed by atoms with E-state index in [2.05, 4.69) is 4.98 Å². The van der Waals surface area contributed by atoms with Crippen LogP contribution in [-0.4, -0.2) is 28.2 Å². The summed E-state index contributed by atoms with van der Waals surface area (Å²) in [5, 5.41) is 0.257. The Morgan fingerprint density at radius 1 is 1.50 bits per heavy atom. The maximum atomic E-state index is 11.9. The number of hydrogen-bond donors (Lipinski definition) is 1. The zero-order valence-corrected chi connectivity index (χ0v) is 11.0. The maximum Gasteiger partial charge on any atom is 0.287 e. The number of aromatic nitrogens is 1. The van der Waals surface area contributed by atoms with E-state index < -0.39 is 10.8 Å². The number of rotatable bonds is 6. The van der Waals surface area contributed by atoms with Crippen LogP contribution in [0.1, 0.15) is 13.3 Å². The summed E-state index contributed by atoms with van der Waals surface area (Å²) in [5.41, 5.74) is 7.50. The van der Waals surface area contributed by atoms with E-state index in [1.54, 1.807) is 18.2 Å². The van der Waals surface area contributed by atoms with E-state index >= 15 is 0 Å². The van der Waals surface area contributed by atoms with Crippen LogP contribution >= 0.6 is 0 Å². The van der Waals surface area contributed by atoms with E-state index in [4.69, 9.17) is 14.9 Å². The summed E-state index contributed by atoms with van der Waals surface area (Å²) in [4.78, 5) is 4.19. The van der Waals surface area contributed by atoms with E-state index in [9.17, 15) is 4.21 Å². The third-order valence-electron chi connectivity index (χ3n) is 2.41. The second kappa shape index (κ2) is 5.97. The van der Waals surface area contributed by atoms with Gasteiger partial charge in [-0.3, -0.25) is 0 Å². The molecule has 98 valence electrons. The number of hydrogen-bond acceptors (Lipinski definition) is 5. The lowest BCUT2D eigenvalue weighted by molar-refractivity contribution is 0.149. The fourth-order valence-corrected chi connectivity index (χ4v) is 2.48. The predicted molar refractivity (Wildman–Crippen MR) is 70.8 cm³/mol. The number of benzene rings is 1. The van der Waals surface area contributed by atoms with Crippen molar-refractivity contribution in [1.29, 1.82) is 0 Å². The van der Waals surface area contributed by atoms with E-state index in [0.717, 1.165) is 6.42 Å². The number of fused-ring (bicyclic) bond motifs is 1. The molecule has 0 aliphatic rings. The second-order valence-electron chi connectivity index (χ2n) is 3.81. The van der Waals surface area contributed by atoms with Gasteiger partial charge in [0, 0.05) is 30.7 Å². The smallest absolute Gasteiger partial charge is 0.287 e. The number of oxazole rings is 1. The monoisotopic (exact) mass is 268 g/mol. The molecule has 2 N–H and O–H groups in total. The van der Waals surface area contributed by atoms with E-state index in [1.165, 1.54) is 0 Å². The van der Waals surface area contributed by atoms with Crippen LogP contribution in [0.25, 0.3) is 11.1 Å². The lowest BCUT2D eigenvalue weighted by Gasteiger charge is -1.98. The third-order valence-corrected chi connectivity index (χ3v) is 3.63. The van der Waals surface area contributed by atoms with Gasteiger partial charge in [0.2, 0.25) is 0 Å². The van der Waals surface area contributed by atoms with Gasteiger partial charge in [-0.15, -0.1) is 0 Å². The van der Waals surface area contributed by atoms with Gasteiger partial charge in [0.05, 0.1) is 0 Å². The van der Waals surface area contributed by atoms with Crippen molar-refractivity contribution in [2.45, 2.75) is 18.6 Å². The molecule has 1 aromatic carbocycles. The lowest BCUT2D eigenvalue weighted by Crippen LogP contribution is -2.03. The van der Waals surface area contributed by atoms with Crippen molar-refractivity contribution in [3.8, 4) is 0 Å². The quantitative estimate of drug-likeness (QED) is 0.640. The molecular weight excluding hydrogens is 252 g/mol. The lowest BCUT2D eigenvalue weighted by atomic mass is 10.3. The van der Waals surface area contributed by atoms with Crippen LogP contribution in [0.5, 0.6) is 0 Å². The second-order valence-corrected chi connectivity index (χ2v) is 5.26. The molecule has 0 radical (unpaired) electrons. The fraction of sp³-hybridized carbons (Fsp3) is 0.417. The minimum atomic E-state index is -1.22. The summed E-state index contributed by atoms with van der Waals surface area (Å²) in [5.74, 6) is 0.488. The van der Waals surface area contributed by atoms with Gasteiger partial charge in [0.1, 0.15) is 16.3 Å². The van der Waals surface area contributed by atoms with Crippen molar-refractivity contribution in [1.82, 2.24) is 4.98 Å². The van der Waals surface area contributed by atoms with Gasteiger partial charge in [-0.05, 0) is 25.5 Å². The first-order chi connectivity index (χ1) is 8.70. The van der Waals surface area contributed by atoms with Crippen LogP contribution in [-0.2, 0) is 15.5 Å². The Balaban J connectivity index is 2.04. The Hall–Kier alpha value is -1.40. The van der Waals surface area contributed by atoms with Crippen molar-refractivity contribution >= 4 is 27.6 Å². The highest BCUT2D eigenvalue weighted by Crippen LogP contribution is 2.20. The van der Waals surface area contributed by atoms with Gasteiger partial charge >= 0.3 is 0 Å². The molecule has 0 saturated heterocycles. The predicted octanol–water partition coefficient (Wildman–Crippen LogP) is 1.94. The number of ether oxygens (including phenoxy) is 1. The molecule has 1 heterocycles. The standard InChI is InChI=1S/C12H16N2O3S/c1-2-16-6-3-7-18(15)12-14-10-5-4-9(13)8-11(10)17-12/h4-5,8H,2-3,6-7,13H2,1H3. The molecule has 2 aromatic rings. The van der Waals surface area contributed by atoms with Gasteiger partial charge in [-0.25, -0.2) is 9.19 Å². The van der Waals surface area contributed by atoms with Gasteiger partial charge < -0.3 is 14.9 Å². The summed E-state index contributed by atoms with van der Waals surface area (Å²) in [7, 11) is -1.22. The summed E-state index contributed by atoms with van der Waals surface area (Å²) in [6.45, 7) is 3.21. The number of nitrogen functional groups attached to an aromatic ring is 1. The summed E-state index contributed by atoms with van der Waals surface area (Å²) < 4.78 is 22.6. The topological polar surface area (TPSA) is 78.3 Å². The van der Waals surface area contributed by atoms with Crippen LogP contribution in [0.2, 0.25) is 0 Å². The zero-order chi connectivity index (χ0) is 13.0. The normalized spacial score (nSPS) is 12.9. The zero-order valence-electron chi connectivity index (χ0n) is 10.2. The van der Waals surface area contributed by atoms with Crippen LogP contribution in [0.15, 0.2) is 27.8 Å². The average molecular weight is 268 g/mol. The number of anilines is 1. The molecule has 1 unspecified atom stereocenters. The van der Waals surface area contributed by atoms with Crippen LogP contribution in [0.4, 0.5) is 5.69 Å². The van der Waals surface area contributed by atoms with E-state index in [-0.39, 0.29) is 5.22 Å². The fourth-order valence-electron chi connectivity index (χ4n) is 1.54. The Labute approximate surface area is 108 Å². The van der Waals surface area contributed by atoms with Crippen LogP contribution in [0.3, 0.4) is 0 Å². The van der Waals surface area contributed by atoms with Crippen molar-refractivity contribution in [3.05, 3.63) is 18.2 Å². The van der Waals surface area contributed by atoms with E-state index in [0.29, 0.717) is 35.8 Å². The van der Waals surface area contributed by atoms with Gasteiger partial charge in [0.25, 0.3) is 5.22 Å². The molecular formula is C12H16N2O3S. The van der Waals surface area contributed by atoms with Crippen molar-refractivity contribution in [2.75, 3.05) is 24.7 Å². The molecule has 5 nitrogen and oxygen atoms in total. The summed E-state index contributed by atoms with van der Waals surface area (Å²) >= 11 is 0. The maximum absolute atomic E-state index is 11.9. The van der Waals surface area contributed by atoms with Gasteiger partial charge in [0.15, 0.2) is 5.58 Å². The summed E-state index contributed by atoms with van der Waals surface area (Å²) in [6, 6.07) is 5.19. The number of nitrogens with two attached hydrogens (primary N) is 1. The Morgan fingerprint density at radius 3 is 3.11 bits per heavy atom. The molecule has 0 amide bonds. The molecule has 0 bridgehead atoms. The Morgan fingerprint density at radius 2 is 2.33 bits per heavy atom. The molecule has 2 rings (SSSR count).